The summed E-state index contributed by atoms with van der Waals surface area (Å²) in [7, 11) is 0. The summed E-state index contributed by atoms with van der Waals surface area (Å²) >= 11 is 0. The minimum Gasteiger partial charge on any atom is -0.370 e. The lowest BCUT2D eigenvalue weighted by Gasteiger charge is -1.98. The van der Waals surface area contributed by atoms with E-state index in [1.807, 2.05) is 0 Å². The molecule has 0 spiro atoms. The second-order valence-corrected chi connectivity index (χ2v) is 3.68. The molecule has 0 fully saturated rings. The fourth-order valence-electron chi connectivity index (χ4n) is 1.21. The van der Waals surface area contributed by atoms with Gasteiger partial charge in [0.25, 0.3) is 0 Å². The Morgan fingerprint density at radius 2 is 1.80 bits per heavy atom. The first kappa shape index (κ1) is 13.8. The van der Waals surface area contributed by atoms with Crippen molar-refractivity contribution in [1.29, 1.82) is 0 Å². The molecular weight excluding hydrogens is 192 g/mol. The van der Waals surface area contributed by atoms with Gasteiger partial charge in [0.2, 0.25) is 5.91 Å². The molecule has 4 heteroatoms. The number of nitrogens with two attached hydrogens (primary N) is 1. The molecule has 0 aliphatic carbocycles. The van der Waals surface area contributed by atoms with Crippen LogP contribution in [0.25, 0.3) is 0 Å². The molecule has 2 N–H and O–H groups in total. The van der Waals surface area contributed by atoms with Crippen molar-refractivity contribution < 1.29 is 14.2 Å². The summed E-state index contributed by atoms with van der Waals surface area (Å²) in [5.41, 5.74) is 4.99. The maximum absolute atomic E-state index is 11.4. The zero-order chi connectivity index (χ0) is 11.7. The third-order valence-corrected chi connectivity index (χ3v) is 2.20. The van der Waals surface area contributed by atoms with E-state index in [4.69, 9.17) is 5.73 Å². The number of nitrogens with zero attached hydrogens (tertiary/aromatic N) is 1. The van der Waals surface area contributed by atoms with Gasteiger partial charge in [-0.05, 0) is 12.8 Å². The highest BCUT2D eigenvalue weighted by Gasteiger charge is 2.13. The van der Waals surface area contributed by atoms with Crippen LogP contribution in [0.2, 0.25) is 0 Å². The standard InChI is InChI=1S/C11H20N2O2/c1-3-4-9-13(2)11(15)8-6-5-7-10(12)14/h2-9H2,1H3,(H-,12,14)/p+1. The van der Waals surface area contributed by atoms with Crippen LogP contribution >= 0.6 is 0 Å². The molecule has 2 amide bonds. The van der Waals surface area contributed by atoms with Crippen LogP contribution in [0.5, 0.6) is 0 Å². The third-order valence-electron chi connectivity index (χ3n) is 2.20. The van der Waals surface area contributed by atoms with Gasteiger partial charge in [0.05, 0.1) is 6.42 Å². The van der Waals surface area contributed by atoms with Crippen molar-refractivity contribution in [3.05, 3.63) is 0 Å². The van der Waals surface area contributed by atoms with Crippen LogP contribution in [0.3, 0.4) is 0 Å². The fraction of sp³-hybridized carbons (Fsp3) is 0.727. The van der Waals surface area contributed by atoms with Gasteiger partial charge in [-0.3, -0.25) is 4.79 Å². The lowest BCUT2D eigenvalue weighted by molar-refractivity contribution is -0.442. The van der Waals surface area contributed by atoms with Crippen molar-refractivity contribution >= 4 is 18.5 Å². The summed E-state index contributed by atoms with van der Waals surface area (Å²) < 4.78 is 1.51. The minimum absolute atomic E-state index is 0.0490. The molecular formula is C11H21N2O2+. The predicted octanol–water partition coefficient (Wildman–Crippen LogP) is 1.07. The predicted molar refractivity (Wildman–Crippen MR) is 59.8 cm³/mol. The number of hydrogen-bond acceptors (Lipinski definition) is 2. The maximum Gasteiger partial charge on any atom is 0.386 e. The molecule has 0 bridgehead atoms. The van der Waals surface area contributed by atoms with E-state index in [-0.39, 0.29) is 11.8 Å². The SMILES string of the molecule is C=[N+](CCCC)C(=O)CCCCC(N)=O. The number of primary amides is 1. The van der Waals surface area contributed by atoms with E-state index in [1.54, 1.807) is 0 Å². The highest BCUT2D eigenvalue weighted by atomic mass is 16.2. The summed E-state index contributed by atoms with van der Waals surface area (Å²) in [4.78, 5) is 21.9. The van der Waals surface area contributed by atoms with E-state index >= 15 is 0 Å². The molecule has 0 aromatic heterocycles. The van der Waals surface area contributed by atoms with Crippen LogP contribution in [0, 0.1) is 0 Å². The van der Waals surface area contributed by atoms with Crippen molar-refractivity contribution in [3.63, 3.8) is 0 Å². The molecule has 0 atom stereocenters. The molecule has 0 aliphatic heterocycles. The van der Waals surface area contributed by atoms with E-state index in [1.165, 1.54) is 4.58 Å². The molecule has 0 unspecified atom stereocenters. The van der Waals surface area contributed by atoms with Crippen LogP contribution < -0.4 is 5.73 Å². The molecule has 86 valence electrons. The van der Waals surface area contributed by atoms with E-state index in [2.05, 4.69) is 13.6 Å². The number of hydrogen-bond donors (Lipinski definition) is 1. The highest BCUT2D eigenvalue weighted by Crippen LogP contribution is 2.01. The van der Waals surface area contributed by atoms with Crippen LogP contribution in [-0.4, -0.2) is 29.7 Å². The first-order valence-corrected chi connectivity index (χ1v) is 5.47. The monoisotopic (exact) mass is 213 g/mol. The average molecular weight is 213 g/mol. The van der Waals surface area contributed by atoms with Crippen LogP contribution in [-0.2, 0) is 9.59 Å². The summed E-state index contributed by atoms with van der Waals surface area (Å²) in [6.45, 7) is 6.47. The Kier molecular flexibility index (Phi) is 7.50. The Morgan fingerprint density at radius 1 is 1.20 bits per heavy atom. The quantitative estimate of drug-likeness (QED) is 0.372. The van der Waals surface area contributed by atoms with Crippen molar-refractivity contribution in [3.8, 4) is 0 Å². The van der Waals surface area contributed by atoms with Crippen molar-refractivity contribution in [2.24, 2.45) is 5.73 Å². The molecule has 0 heterocycles. The van der Waals surface area contributed by atoms with Crippen LogP contribution in [0.4, 0.5) is 0 Å². The first-order chi connectivity index (χ1) is 7.07. The summed E-state index contributed by atoms with van der Waals surface area (Å²) in [5, 5.41) is 0. The zero-order valence-corrected chi connectivity index (χ0v) is 9.50. The van der Waals surface area contributed by atoms with Crippen LogP contribution in [0.1, 0.15) is 45.4 Å². The molecule has 0 aliphatic rings. The second-order valence-electron chi connectivity index (χ2n) is 3.68. The Labute approximate surface area is 91.2 Å². The van der Waals surface area contributed by atoms with Gasteiger partial charge < -0.3 is 5.73 Å². The molecule has 15 heavy (non-hydrogen) atoms. The van der Waals surface area contributed by atoms with Crippen molar-refractivity contribution in [2.75, 3.05) is 6.54 Å². The van der Waals surface area contributed by atoms with Gasteiger partial charge >= 0.3 is 5.91 Å². The first-order valence-electron chi connectivity index (χ1n) is 5.47. The molecule has 4 nitrogen and oxygen atoms in total. The number of carbonyl (C=O) groups excluding carboxylic acids is 2. The Hall–Kier alpha value is -1.19. The van der Waals surface area contributed by atoms with E-state index in [0.29, 0.717) is 32.2 Å². The summed E-state index contributed by atoms with van der Waals surface area (Å²) in [6, 6.07) is 0. The molecule has 0 saturated heterocycles. The maximum atomic E-state index is 11.4. The van der Waals surface area contributed by atoms with Gasteiger partial charge in [0.1, 0.15) is 6.72 Å². The van der Waals surface area contributed by atoms with Gasteiger partial charge in [-0.25, -0.2) is 4.79 Å². The number of amides is 2. The van der Waals surface area contributed by atoms with Gasteiger partial charge in [0, 0.05) is 12.8 Å². The molecule has 0 aromatic carbocycles. The lowest BCUT2D eigenvalue weighted by atomic mass is 10.2. The zero-order valence-electron chi connectivity index (χ0n) is 9.50. The normalized spacial score (nSPS) is 9.93. The fourth-order valence-corrected chi connectivity index (χ4v) is 1.21. The van der Waals surface area contributed by atoms with Gasteiger partial charge in [0.15, 0.2) is 6.54 Å². The summed E-state index contributed by atoms with van der Waals surface area (Å²) in [5.74, 6) is -0.257. The number of unbranched alkanes of at least 4 members (excludes halogenated alkanes) is 2. The smallest absolute Gasteiger partial charge is 0.370 e. The van der Waals surface area contributed by atoms with Gasteiger partial charge in [-0.1, -0.05) is 13.3 Å². The number of rotatable bonds is 8. The summed E-state index contributed by atoms with van der Waals surface area (Å²) in [6.07, 6.45) is 4.25. The average Bonchev–Trinajstić information content (AvgIpc) is 2.20. The van der Waals surface area contributed by atoms with E-state index in [9.17, 15) is 9.59 Å². The third kappa shape index (κ3) is 7.85. The Bertz CT molecular complexity index is 237. The van der Waals surface area contributed by atoms with E-state index < -0.39 is 0 Å². The van der Waals surface area contributed by atoms with Gasteiger partial charge in [-0.15, -0.1) is 0 Å². The van der Waals surface area contributed by atoms with Crippen molar-refractivity contribution in [2.45, 2.75) is 45.4 Å². The second kappa shape index (κ2) is 8.15. The highest BCUT2D eigenvalue weighted by molar-refractivity contribution is 5.73. The van der Waals surface area contributed by atoms with Gasteiger partial charge in [-0.2, -0.15) is 4.58 Å². The Balaban J connectivity index is 3.55. The van der Waals surface area contributed by atoms with E-state index in [0.717, 1.165) is 12.8 Å². The molecule has 0 radical (unpaired) electrons. The molecule has 0 saturated carbocycles. The minimum atomic E-state index is -0.306. The lowest BCUT2D eigenvalue weighted by Crippen LogP contribution is -2.20. The largest absolute Gasteiger partial charge is 0.386 e. The van der Waals surface area contributed by atoms with Crippen LogP contribution in [0.15, 0.2) is 0 Å². The van der Waals surface area contributed by atoms with Crippen molar-refractivity contribution in [1.82, 2.24) is 0 Å². The molecule has 0 aromatic rings. The molecule has 0 rings (SSSR count). The topological polar surface area (TPSA) is 63.2 Å². The Morgan fingerprint density at radius 3 is 2.33 bits per heavy atom. The number of carbonyl (C=O) groups is 2.